The smallest absolute Gasteiger partial charge is 0.246 e. The fraction of sp³-hybridized carbons (Fsp3) is 0.909. The van der Waals surface area contributed by atoms with Crippen LogP contribution in [0.1, 0.15) is 39.5 Å². The van der Waals surface area contributed by atoms with Crippen LogP contribution in [-0.4, -0.2) is 36.7 Å². The van der Waals surface area contributed by atoms with Gasteiger partial charge in [0, 0.05) is 19.0 Å². The molecule has 1 aliphatic rings. The van der Waals surface area contributed by atoms with Gasteiger partial charge in [0.2, 0.25) is 5.91 Å². The Morgan fingerprint density at radius 3 is 2.87 bits per heavy atom. The molecule has 4 nitrogen and oxygen atoms in total. The predicted molar refractivity (Wildman–Crippen MR) is 59.3 cm³/mol. The molecule has 1 saturated heterocycles. The molecule has 1 rings (SSSR count). The van der Waals surface area contributed by atoms with Crippen LogP contribution in [0.5, 0.6) is 0 Å². The number of nitrogens with zero attached hydrogens (tertiary/aromatic N) is 1. The minimum absolute atomic E-state index is 0.125. The lowest BCUT2D eigenvalue weighted by atomic mass is 10.2. The molecule has 88 valence electrons. The van der Waals surface area contributed by atoms with E-state index in [0.717, 1.165) is 32.4 Å². The van der Waals surface area contributed by atoms with Crippen LogP contribution in [0.4, 0.5) is 0 Å². The SMILES string of the molecule is CC(C)NCCCC(=O)N1CCCCO1. The largest absolute Gasteiger partial charge is 0.315 e. The van der Waals surface area contributed by atoms with Gasteiger partial charge in [0.05, 0.1) is 6.61 Å². The molecule has 0 spiro atoms. The van der Waals surface area contributed by atoms with Gasteiger partial charge >= 0.3 is 0 Å². The van der Waals surface area contributed by atoms with E-state index >= 15 is 0 Å². The van der Waals surface area contributed by atoms with E-state index in [9.17, 15) is 4.79 Å². The van der Waals surface area contributed by atoms with E-state index in [1.807, 2.05) is 0 Å². The second-order valence-corrected chi connectivity index (χ2v) is 4.25. The number of nitrogens with one attached hydrogen (secondary N) is 1. The Bertz CT molecular complexity index is 189. The summed E-state index contributed by atoms with van der Waals surface area (Å²) in [5, 5.41) is 4.82. The van der Waals surface area contributed by atoms with Crippen LogP contribution in [0.15, 0.2) is 0 Å². The summed E-state index contributed by atoms with van der Waals surface area (Å²) in [5.41, 5.74) is 0. The standard InChI is InChI=1S/C11H22N2O2/c1-10(2)12-7-5-6-11(14)13-8-3-4-9-15-13/h10,12H,3-9H2,1-2H3. The first-order valence-electron chi connectivity index (χ1n) is 5.87. The number of hydrogen-bond acceptors (Lipinski definition) is 3. The van der Waals surface area contributed by atoms with Crippen molar-refractivity contribution in [2.24, 2.45) is 0 Å². The summed E-state index contributed by atoms with van der Waals surface area (Å²) in [7, 11) is 0. The molecule has 15 heavy (non-hydrogen) atoms. The van der Waals surface area contributed by atoms with E-state index in [2.05, 4.69) is 19.2 Å². The number of carbonyl (C=O) groups is 1. The topological polar surface area (TPSA) is 41.6 Å². The molecule has 1 aliphatic heterocycles. The minimum atomic E-state index is 0.125. The molecule has 0 saturated carbocycles. The lowest BCUT2D eigenvalue weighted by molar-refractivity contribution is -0.197. The number of hydrogen-bond donors (Lipinski definition) is 1. The molecule has 0 aromatic rings. The first kappa shape index (κ1) is 12.5. The van der Waals surface area contributed by atoms with Crippen LogP contribution in [0, 0.1) is 0 Å². The molecule has 4 heteroatoms. The van der Waals surface area contributed by atoms with E-state index in [1.165, 1.54) is 5.06 Å². The van der Waals surface area contributed by atoms with E-state index in [0.29, 0.717) is 19.1 Å². The van der Waals surface area contributed by atoms with Gasteiger partial charge in [-0.3, -0.25) is 9.63 Å². The van der Waals surface area contributed by atoms with E-state index in [1.54, 1.807) is 0 Å². The molecule has 1 amide bonds. The zero-order valence-corrected chi connectivity index (χ0v) is 9.79. The number of carbonyl (C=O) groups excluding carboxylic acids is 1. The molecule has 1 fully saturated rings. The fourth-order valence-electron chi connectivity index (χ4n) is 1.55. The van der Waals surface area contributed by atoms with Crippen molar-refractivity contribution in [1.82, 2.24) is 10.4 Å². The first-order chi connectivity index (χ1) is 7.20. The summed E-state index contributed by atoms with van der Waals surface area (Å²) in [6.45, 7) is 6.56. The predicted octanol–water partition coefficient (Wildman–Crippen LogP) is 1.32. The molecular weight excluding hydrogens is 192 g/mol. The molecule has 0 aromatic carbocycles. The Kier molecular flexibility index (Phi) is 5.65. The Morgan fingerprint density at radius 1 is 1.47 bits per heavy atom. The van der Waals surface area contributed by atoms with E-state index in [4.69, 9.17) is 4.84 Å². The summed E-state index contributed by atoms with van der Waals surface area (Å²) in [6.07, 6.45) is 3.60. The quantitative estimate of drug-likeness (QED) is 0.702. The molecule has 0 unspecified atom stereocenters. The average molecular weight is 214 g/mol. The van der Waals surface area contributed by atoms with Crippen molar-refractivity contribution < 1.29 is 9.63 Å². The Morgan fingerprint density at radius 2 is 2.27 bits per heavy atom. The molecule has 0 aromatic heterocycles. The second-order valence-electron chi connectivity index (χ2n) is 4.25. The summed E-state index contributed by atoms with van der Waals surface area (Å²) >= 11 is 0. The van der Waals surface area contributed by atoms with Gasteiger partial charge in [-0.1, -0.05) is 13.8 Å². The van der Waals surface area contributed by atoms with Gasteiger partial charge in [-0.15, -0.1) is 0 Å². The van der Waals surface area contributed by atoms with Crippen molar-refractivity contribution in [3.8, 4) is 0 Å². The molecule has 0 bridgehead atoms. The second kappa shape index (κ2) is 6.80. The number of rotatable bonds is 5. The summed E-state index contributed by atoms with van der Waals surface area (Å²) in [4.78, 5) is 16.9. The molecule has 0 radical (unpaired) electrons. The van der Waals surface area contributed by atoms with Gasteiger partial charge in [-0.05, 0) is 25.8 Å². The highest BCUT2D eigenvalue weighted by Crippen LogP contribution is 2.08. The normalized spacial score (nSPS) is 17.1. The van der Waals surface area contributed by atoms with Gasteiger partial charge in [0.1, 0.15) is 0 Å². The van der Waals surface area contributed by atoms with E-state index in [-0.39, 0.29) is 5.91 Å². The van der Waals surface area contributed by atoms with Crippen molar-refractivity contribution >= 4 is 5.91 Å². The average Bonchev–Trinajstić information content (AvgIpc) is 2.25. The number of amides is 1. The van der Waals surface area contributed by atoms with Crippen LogP contribution in [0.2, 0.25) is 0 Å². The van der Waals surface area contributed by atoms with Crippen LogP contribution in [0.3, 0.4) is 0 Å². The molecular formula is C11H22N2O2. The van der Waals surface area contributed by atoms with Crippen molar-refractivity contribution in [1.29, 1.82) is 0 Å². The lowest BCUT2D eigenvalue weighted by Crippen LogP contribution is -2.36. The van der Waals surface area contributed by atoms with Crippen molar-refractivity contribution in [2.45, 2.75) is 45.6 Å². The highest BCUT2D eigenvalue weighted by molar-refractivity contribution is 5.75. The molecule has 1 heterocycles. The van der Waals surface area contributed by atoms with Gasteiger partial charge in [0.15, 0.2) is 0 Å². The third-order valence-corrected chi connectivity index (χ3v) is 2.40. The highest BCUT2D eigenvalue weighted by Gasteiger charge is 2.16. The van der Waals surface area contributed by atoms with Crippen LogP contribution in [-0.2, 0) is 9.63 Å². The summed E-state index contributed by atoms with van der Waals surface area (Å²) < 4.78 is 0. The van der Waals surface area contributed by atoms with E-state index < -0.39 is 0 Å². The van der Waals surface area contributed by atoms with Gasteiger partial charge in [-0.25, -0.2) is 5.06 Å². The van der Waals surface area contributed by atoms with Crippen LogP contribution >= 0.6 is 0 Å². The minimum Gasteiger partial charge on any atom is -0.315 e. The van der Waals surface area contributed by atoms with Gasteiger partial charge in [-0.2, -0.15) is 0 Å². The van der Waals surface area contributed by atoms with Gasteiger partial charge < -0.3 is 5.32 Å². The van der Waals surface area contributed by atoms with Gasteiger partial charge in [0.25, 0.3) is 0 Å². The van der Waals surface area contributed by atoms with Crippen LogP contribution in [0.25, 0.3) is 0 Å². The Balaban J connectivity index is 2.07. The highest BCUT2D eigenvalue weighted by atomic mass is 16.7. The van der Waals surface area contributed by atoms with Crippen molar-refractivity contribution in [3.05, 3.63) is 0 Å². The third-order valence-electron chi connectivity index (χ3n) is 2.40. The van der Waals surface area contributed by atoms with Crippen molar-refractivity contribution in [3.63, 3.8) is 0 Å². The first-order valence-corrected chi connectivity index (χ1v) is 5.87. The fourth-order valence-corrected chi connectivity index (χ4v) is 1.55. The molecule has 0 aliphatic carbocycles. The van der Waals surface area contributed by atoms with Crippen molar-refractivity contribution in [2.75, 3.05) is 19.7 Å². The molecule has 1 N–H and O–H groups in total. The third kappa shape index (κ3) is 5.14. The lowest BCUT2D eigenvalue weighted by Gasteiger charge is -2.25. The molecule has 0 atom stereocenters. The zero-order valence-electron chi connectivity index (χ0n) is 9.79. The summed E-state index contributed by atoms with van der Waals surface area (Å²) in [6, 6.07) is 0.492. The monoisotopic (exact) mass is 214 g/mol. The zero-order chi connectivity index (χ0) is 11.1. The maximum absolute atomic E-state index is 11.6. The summed E-state index contributed by atoms with van der Waals surface area (Å²) in [5.74, 6) is 0.125. The maximum atomic E-state index is 11.6. The number of hydroxylamine groups is 2. The maximum Gasteiger partial charge on any atom is 0.246 e. The Labute approximate surface area is 91.9 Å². The Hall–Kier alpha value is -0.610. The van der Waals surface area contributed by atoms with Crippen LogP contribution < -0.4 is 5.32 Å².